The molecule has 2 rings (SSSR count). The van der Waals surface area contributed by atoms with Gasteiger partial charge in [-0.2, -0.15) is 0 Å². The molecule has 1 aromatic carbocycles. The molecule has 0 aliphatic rings. The molecule has 0 saturated heterocycles. The number of nitrogens with zero attached hydrogens (tertiary/aromatic N) is 1. The minimum absolute atomic E-state index is 0.219. The van der Waals surface area contributed by atoms with Gasteiger partial charge in [0.2, 0.25) is 0 Å². The van der Waals surface area contributed by atoms with Crippen LogP contribution < -0.4 is 5.32 Å². The molecule has 0 atom stereocenters. The summed E-state index contributed by atoms with van der Waals surface area (Å²) in [6.07, 6.45) is 1.77. The first-order valence-corrected chi connectivity index (χ1v) is 6.28. The van der Waals surface area contributed by atoms with E-state index in [-0.39, 0.29) is 5.82 Å². The van der Waals surface area contributed by atoms with Crippen LogP contribution in [0.4, 0.5) is 4.39 Å². The van der Waals surface area contributed by atoms with Crippen molar-refractivity contribution in [1.29, 1.82) is 0 Å². The van der Waals surface area contributed by atoms with Crippen LogP contribution in [0.2, 0.25) is 0 Å². The van der Waals surface area contributed by atoms with Crippen molar-refractivity contribution in [3.8, 4) is 0 Å². The Bertz CT molecular complexity index is 491. The summed E-state index contributed by atoms with van der Waals surface area (Å²) in [4.78, 5) is 4.20. The molecule has 0 amide bonds. The largest absolute Gasteiger partial charge is 0.375 e. The lowest BCUT2D eigenvalue weighted by Gasteiger charge is -2.06. The molecule has 0 spiro atoms. The summed E-state index contributed by atoms with van der Waals surface area (Å²) in [5.74, 6) is -0.219. The van der Waals surface area contributed by atoms with Crippen LogP contribution in [-0.4, -0.2) is 18.1 Å². The van der Waals surface area contributed by atoms with Crippen molar-refractivity contribution in [3.63, 3.8) is 0 Å². The Kier molecular flexibility index (Phi) is 5.47. The van der Waals surface area contributed by atoms with E-state index in [4.69, 9.17) is 4.74 Å². The lowest BCUT2D eigenvalue weighted by atomic mass is 10.2. The Morgan fingerprint density at radius 1 is 1.11 bits per heavy atom. The van der Waals surface area contributed by atoms with Crippen LogP contribution in [-0.2, 0) is 17.9 Å². The molecule has 0 unspecified atom stereocenters. The van der Waals surface area contributed by atoms with Crippen molar-refractivity contribution >= 4 is 0 Å². The van der Waals surface area contributed by atoms with Gasteiger partial charge in [-0.05, 0) is 18.2 Å². The molecule has 0 fully saturated rings. The number of hydrogen-bond donors (Lipinski definition) is 1. The topological polar surface area (TPSA) is 34.1 Å². The Balaban J connectivity index is 1.59. The lowest BCUT2D eigenvalue weighted by molar-refractivity contribution is 0.120. The molecule has 0 radical (unpaired) electrons. The van der Waals surface area contributed by atoms with Gasteiger partial charge >= 0.3 is 0 Å². The second-order valence-corrected chi connectivity index (χ2v) is 4.14. The number of halogens is 1. The molecule has 1 N–H and O–H groups in total. The van der Waals surface area contributed by atoms with Gasteiger partial charge in [-0.25, -0.2) is 4.39 Å². The van der Waals surface area contributed by atoms with Gasteiger partial charge in [-0.3, -0.25) is 4.98 Å². The maximum atomic E-state index is 13.3. The summed E-state index contributed by atoms with van der Waals surface area (Å²) in [5.41, 5.74) is 1.59. The highest BCUT2D eigenvalue weighted by molar-refractivity contribution is 5.16. The summed E-state index contributed by atoms with van der Waals surface area (Å²) in [6, 6.07) is 12.5. The molecule has 3 nitrogen and oxygen atoms in total. The van der Waals surface area contributed by atoms with E-state index in [9.17, 15) is 4.39 Å². The maximum absolute atomic E-state index is 13.3. The fourth-order valence-electron chi connectivity index (χ4n) is 1.66. The molecular formula is C15H17FN2O. The lowest BCUT2D eigenvalue weighted by Crippen LogP contribution is -2.19. The molecular weight excluding hydrogens is 243 g/mol. The van der Waals surface area contributed by atoms with E-state index >= 15 is 0 Å². The Labute approximate surface area is 112 Å². The number of aromatic nitrogens is 1. The van der Waals surface area contributed by atoms with E-state index < -0.39 is 0 Å². The van der Waals surface area contributed by atoms with Crippen molar-refractivity contribution < 1.29 is 9.13 Å². The van der Waals surface area contributed by atoms with E-state index in [1.54, 1.807) is 24.4 Å². The van der Waals surface area contributed by atoms with Gasteiger partial charge < -0.3 is 10.1 Å². The van der Waals surface area contributed by atoms with Gasteiger partial charge in [0.1, 0.15) is 5.82 Å². The first kappa shape index (κ1) is 13.6. The molecule has 1 heterocycles. The Hall–Kier alpha value is -1.78. The minimum Gasteiger partial charge on any atom is -0.375 e. The third-order valence-corrected chi connectivity index (χ3v) is 2.67. The van der Waals surface area contributed by atoms with E-state index in [2.05, 4.69) is 10.3 Å². The summed E-state index contributed by atoms with van der Waals surface area (Å²) in [5, 5.41) is 3.22. The number of ether oxygens (including phenoxy) is 1. The first-order valence-electron chi connectivity index (χ1n) is 6.28. The summed E-state index contributed by atoms with van der Waals surface area (Å²) >= 11 is 0. The standard InChI is InChI=1S/C15H17FN2O/c16-15-7-2-1-5-13(15)12-19-10-9-17-11-14-6-3-4-8-18-14/h1-8,17H,9-12H2. The Morgan fingerprint density at radius 3 is 2.74 bits per heavy atom. The average molecular weight is 260 g/mol. The molecule has 0 bridgehead atoms. The second-order valence-electron chi connectivity index (χ2n) is 4.14. The van der Waals surface area contributed by atoms with Gasteiger partial charge in [0.05, 0.1) is 18.9 Å². The monoisotopic (exact) mass is 260 g/mol. The zero-order valence-corrected chi connectivity index (χ0v) is 10.7. The summed E-state index contributed by atoms with van der Waals surface area (Å²) in [6.45, 7) is 2.27. The van der Waals surface area contributed by atoms with Crippen LogP contribution in [0.5, 0.6) is 0 Å². The van der Waals surface area contributed by atoms with Crippen LogP contribution in [0.1, 0.15) is 11.3 Å². The van der Waals surface area contributed by atoms with E-state index in [1.165, 1.54) is 6.07 Å². The summed E-state index contributed by atoms with van der Waals surface area (Å²) < 4.78 is 18.7. The van der Waals surface area contributed by atoms with Crippen molar-refractivity contribution in [2.45, 2.75) is 13.2 Å². The summed E-state index contributed by atoms with van der Waals surface area (Å²) in [7, 11) is 0. The molecule has 0 aliphatic carbocycles. The van der Waals surface area contributed by atoms with Crippen molar-refractivity contribution in [1.82, 2.24) is 10.3 Å². The van der Waals surface area contributed by atoms with Gasteiger partial charge in [0.15, 0.2) is 0 Å². The van der Waals surface area contributed by atoms with Crippen molar-refractivity contribution in [2.24, 2.45) is 0 Å². The Morgan fingerprint density at radius 2 is 1.95 bits per heavy atom. The molecule has 100 valence electrons. The maximum Gasteiger partial charge on any atom is 0.128 e. The molecule has 0 saturated carbocycles. The van der Waals surface area contributed by atoms with E-state index in [0.717, 1.165) is 5.69 Å². The van der Waals surface area contributed by atoms with Crippen LogP contribution in [0, 0.1) is 5.82 Å². The highest BCUT2D eigenvalue weighted by Gasteiger charge is 1.99. The predicted octanol–water partition coefficient (Wildman–Crippen LogP) is 2.53. The van der Waals surface area contributed by atoms with Crippen molar-refractivity contribution in [3.05, 3.63) is 65.7 Å². The molecule has 4 heteroatoms. The van der Waals surface area contributed by atoms with Crippen LogP contribution in [0.15, 0.2) is 48.7 Å². The highest BCUT2D eigenvalue weighted by Crippen LogP contribution is 2.07. The van der Waals surface area contributed by atoms with Gasteiger partial charge in [-0.15, -0.1) is 0 Å². The number of pyridine rings is 1. The SMILES string of the molecule is Fc1ccccc1COCCNCc1ccccn1. The third kappa shape index (κ3) is 4.77. The molecule has 1 aromatic heterocycles. The molecule has 2 aromatic rings. The minimum atomic E-state index is -0.219. The second kappa shape index (κ2) is 7.61. The van der Waals surface area contributed by atoms with Crippen molar-refractivity contribution in [2.75, 3.05) is 13.2 Å². The van der Waals surface area contributed by atoms with E-state index in [0.29, 0.717) is 31.9 Å². The molecule has 0 aliphatic heterocycles. The van der Waals surface area contributed by atoms with Gasteiger partial charge in [0, 0.05) is 24.8 Å². The van der Waals surface area contributed by atoms with Gasteiger partial charge in [0.25, 0.3) is 0 Å². The molecule has 19 heavy (non-hydrogen) atoms. The van der Waals surface area contributed by atoms with E-state index in [1.807, 2.05) is 18.2 Å². The number of benzene rings is 1. The third-order valence-electron chi connectivity index (χ3n) is 2.67. The predicted molar refractivity (Wildman–Crippen MR) is 72.0 cm³/mol. The smallest absolute Gasteiger partial charge is 0.128 e. The number of rotatable bonds is 7. The first-order chi connectivity index (χ1) is 9.36. The fraction of sp³-hybridized carbons (Fsp3) is 0.267. The number of nitrogens with one attached hydrogen (secondary N) is 1. The van der Waals surface area contributed by atoms with Gasteiger partial charge in [-0.1, -0.05) is 24.3 Å². The van der Waals surface area contributed by atoms with Crippen LogP contribution >= 0.6 is 0 Å². The fourth-order valence-corrected chi connectivity index (χ4v) is 1.66. The highest BCUT2D eigenvalue weighted by atomic mass is 19.1. The average Bonchev–Trinajstić information content (AvgIpc) is 2.45. The number of hydrogen-bond acceptors (Lipinski definition) is 3. The zero-order valence-electron chi connectivity index (χ0n) is 10.7. The normalized spacial score (nSPS) is 10.6. The van der Waals surface area contributed by atoms with Crippen LogP contribution in [0.25, 0.3) is 0 Å². The quantitative estimate of drug-likeness (QED) is 0.777. The zero-order chi connectivity index (χ0) is 13.3. The van der Waals surface area contributed by atoms with Crippen LogP contribution in [0.3, 0.4) is 0 Å².